The van der Waals surface area contributed by atoms with Crippen molar-refractivity contribution in [2.75, 3.05) is 34.0 Å². The van der Waals surface area contributed by atoms with Crippen LogP contribution in [0, 0.1) is 6.92 Å². The number of aromatic amines is 1. The van der Waals surface area contributed by atoms with Crippen LogP contribution in [0.5, 0.6) is 11.5 Å². The Kier molecular flexibility index (Phi) is 9.28. The number of phosphoric acid groups is 1. The summed E-state index contributed by atoms with van der Waals surface area (Å²) >= 11 is 0. The molecule has 0 unspecified atom stereocenters. The summed E-state index contributed by atoms with van der Waals surface area (Å²) in [4.78, 5) is 27.2. The van der Waals surface area contributed by atoms with Crippen molar-refractivity contribution in [2.45, 2.75) is 37.4 Å². The van der Waals surface area contributed by atoms with Gasteiger partial charge in [-0.2, -0.15) is 0 Å². The molecular weight excluding hydrogens is 615 g/mol. The van der Waals surface area contributed by atoms with Crippen LogP contribution in [0.1, 0.15) is 34.9 Å². The molecule has 242 valence electrons. The Labute approximate surface area is 265 Å². The Morgan fingerprint density at radius 1 is 0.870 bits per heavy atom. The molecule has 2 saturated heterocycles. The quantitative estimate of drug-likeness (QED) is 0.180. The minimum atomic E-state index is -3.87. The molecule has 2 aliphatic rings. The number of H-pyrrole nitrogens is 1. The second-order valence-corrected chi connectivity index (χ2v) is 12.5. The SMILES string of the molecule is COc1ccc(C(OC[C@H]2O[C@@H](n3cc(C)c(=O)[nH]c3=O)C[C@@H]2OP2(=O)OCCO2)(c2ccccc2)c2ccc(OC)cc2)cc1. The van der Waals surface area contributed by atoms with E-state index < -0.39 is 43.1 Å². The Balaban J connectivity index is 1.42. The van der Waals surface area contributed by atoms with Gasteiger partial charge in [-0.15, -0.1) is 0 Å². The standard InChI is InChI=1S/C33H35N2O10P/c1-22-20-35(32(37)34-31(22)36)30-19-28(45-46(38)42-17-18-43-46)29(44-30)21-41-33(23-7-5-4-6-8-23,24-9-13-26(39-2)14-10-24)25-11-15-27(40-3)16-12-25/h4-16,20,28-30H,17-19,21H2,1-3H3,(H,34,36,37)/t28-,29+,30+/m0/s1. The van der Waals surface area contributed by atoms with E-state index in [0.717, 1.165) is 16.7 Å². The van der Waals surface area contributed by atoms with Crippen LogP contribution >= 0.6 is 7.82 Å². The number of nitrogens with one attached hydrogen (secondary N) is 1. The summed E-state index contributed by atoms with van der Waals surface area (Å²) in [6.07, 6.45) is -1.00. The number of rotatable bonds is 11. The molecule has 0 bridgehead atoms. The van der Waals surface area contributed by atoms with E-state index in [4.69, 9.17) is 32.5 Å². The molecule has 2 fully saturated rings. The van der Waals surface area contributed by atoms with Gasteiger partial charge in [0.15, 0.2) is 0 Å². The summed E-state index contributed by atoms with van der Waals surface area (Å²) in [6.45, 7) is 1.78. The van der Waals surface area contributed by atoms with E-state index in [2.05, 4.69) is 4.98 Å². The maximum atomic E-state index is 13.2. The van der Waals surface area contributed by atoms with Crippen LogP contribution in [0.25, 0.3) is 0 Å². The summed E-state index contributed by atoms with van der Waals surface area (Å²) in [5.74, 6) is 1.36. The van der Waals surface area contributed by atoms with Crippen molar-refractivity contribution in [2.24, 2.45) is 0 Å². The molecule has 3 aromatic carbocycles. The van der Waals surface area contributed by atoms with E-state index in [1.54, 1.807) is 21.1 Å². The Bertz CT molecular complexity index is 1750. The number of ether oxygens (including phenoxy) is 4. The third kappa shape index (κ3) is 6.32. The lowest BCUT2D eigenvalue weighted by atomic mass is 9.80. The third-order valence-corrected chi connectivity index (χ3v) is 9.65. The predicted octanol–water partition coefficient (Wildman–Crippen LogP) is 4.70. The zero-order valence-electron chi connectivity index (χ0n) is 25.6. The fourth-order valence-corrected chi connectivity index (χ4v) is 7.12. The Morgan fingerprint density at radius 3 is 2.00 bits per heavy atom. The van der Waals surface area contributed by atoms with Gasteiger partial charge in [0.25, 0.3) is 5.56 Å². The summed E-state index contributed by atoms with van der Waals surface area (Å²) in [6, 6.07) is 24.9. The number of hydrogen-bond acceptors (Lipinski definition) is 10. The molecule has 1 aromatic heterocycles. The highest BCUT2D eigenvalue weighted by Gasteiger charge is 2.47. The van der Waals surface area contributed by atoms with E-state index in [1.807, 2.05) is 78.9 Å². The lowest BCUT2D eigenvalue weighted by Gasteiger charge is -2.37. The lowest BCUT2D eigenvalue weighted by Crippen LogP contribution is -2.38. The second kappa shape index (κ2) is 13.4. The van der Waals surface area contributed by atoms with Crippen molar-refractivity contribution in [3.05, 3.63) is 128 Å². The Hall–Kier alpha value is -4.03. The number of nitrogens with zero attached hydrogens (tertiary/aromatic N) is 1. The molecule has 1 N–H and O–H groups in total. The van der Waals surface area contributed by atoms with E-state index in [-0.39, 0.29) is 26.2 Å². The van der Waals surface area contributed by atoms with Crippen molar-refractivity contribution in [3.8, 4) is 11.5 Å². The zero-order chi connectivity index (χ0) is 32.3. The van der Waals surface area contributed by atoms with Crippen LogP contribution in [0.2, 0.25) is 0 Å². The molecule has 46 heavy (non-hydrogen) atoms. The van der Waals surface area contributed by atoms with Crippen LogP contribution in [-0.2, 0) is 33.2 Å². The fourth-order valence-electron chi connectivity index (χ4n) is 5.78. The minimum Gasteiger partial charge on any atom is -0.497 e. The predicted molar refractivity (Wildman–Crippen MR) is 167 cm³/mol. The smallest absolute Gasteiger partial charge is 0.475 e. The fraction of sp³-hybridized carbons (Fsp3) is 0.333. The molecule has 13 heteroatoms. The minimum absolute atomic E-state index is 0.0643. The maximum Gasteiger partial charge on any atom is 0.475 e. The van der Waals surface area contributed by atoms with Crippen LogP contribution in [0.15, 0.2) is 94.6 Å². The molecule has 2 aliphatic heterocycles. The maximum absolute atomic E-state index is 13.2. The van der Waals surface area contributed by atoms with E-state index in [1.165, 1.54) is 10.8 Å². The van der Waals surface area contributed by atoms with Crippen LogP contribution in [-0.4, -0.2) is 55.8 Å². The normalized spacial score (nSPS) is 20.9. The number of benzene rings is 3. The Morgan fingerprint density at radius 2 is 1.43 bits per heavy atom. The van der Waals surface area contributed by atoms with Crippen LogP contribution < -0.4 is 20.7 Å². The molecule has 3 atom stereocenters. The van der Waals surface area contributed by atoms with Gasteiger partial charge >= 0.3 is 13.5 Å². The summed E-state index contributed by atoms with van der Waals surface area (Å²) in [5.41, 5.74) is 0.477. The van der Waals surface area contributed by atoms with Gasteiger partial charge in [0.05, 0.1) is 34.0 Å². The first kappa shape index (κ1) is 31.9. The number of phosphoric ester groups is 1. The molecule has 0 amide bonds. The molecular formula is C33H35N2O10P. The van der Waals surface area contributed by atoms with Crippen molar-refractivity contribution in [1.29, 1.82) is 0 Å². The highest BCUT2D eigenvalue weighted by molar-refractivity contribution is 7.48. The summed E-state index contributed by atoms with van der Waals surface area (Å²) in [7, 11) is -0.663. The second-order valence-electron chi connectivity index (χ2n) is 10.9. The third-order valence-electron chi connectivity index (χ3n) is 8.12. The molecule has 4 aromatic rings. The van der Waals surface area contributed by atoms with Gasteiger partial charge in [0, 0.05) is 18.2 Å². The summed E-state index contributed by atoms with van der Waals surface area (Å²) in [5, 5.41) is 0. The van der Waals surface area contributed by atoms with Gasteiger partial charge in [0.2, 0.25) is 0 Å². The van der Waals surface area contributed by atoms with E-state index in [9.17, 15) is 14.2 Å². The lowest BCUT2D eigenvalue weighted by molar-refractivity contribution is -0.0934. The molecule has 0 spiro atoms. The number of aromatic nitrogens is 2. The van der Waals surface area contributed by atoms with Gasteiger partial charge in [-0.05, 0) is 47.9 Å². The van der Waals surface area contributed by atoms with Crippen molar-refractivity contribution < 1.29 is 37.1 Å². The highest BCUT2D eigenvalue weighted by atomic mass is 31.2. The number of aryl methyl sites for hydroxylation is 1. The van der Waals surface area contributed by atoms with Gasteiger partial charge in [-0.3, -0.25) is 27.9 Å². The van der Waals surface area contributed by atoms with Crippen molar-refractivity contribution in [3.63, 3.8) is 0 Å². The average Bonchev–Trinajstić information content (AvgIpc) is 3.69. The first-order chi connectivity index (χ1) is 22.2. The van der Waals surface area contributed by atoms with Gasteiger partial charge in [-0.1, -0.05) is 54.6 Å². The van der Waals surface area contributed by atoms with E-state index >= 15 is 0 Å². The van der Waals surface area contributed by atoms with Crippen molar-refractivity contribution in [1.82, 2.24) is 9.55 Å². The molecule has 12 nitrogen and oxygen atoms in total. The average molecular weight is 651 g/mol. The van der Waals surface area contributed by atoms with Crippen LogP contribution in [0.4, 0.5) is 0 Å². The molecule has 6 rings (SSSR count). The molecule has 0 radical (unpaired) electrons. The van der Waals surface area contributed by atoms with Gasteiger partial charge in [0.1, 0.15) is 35.5 Å². The zero-order valence-corrected chi connectivity index (χ0v) is 26.5. The summed E-state index contributed by atoms with van der Waals surface area (Å²) < 4.78 is 55.3. The van der Waals surface area contributed by atoms with Crippen LogP contribution in [0.3, 0.4) is 0 Å². The molecule has 0 saturated carbocycles. The number of hydrogen-bond donors (Lipinski definition) is 1. The van der Waals surface area contributed by atoms with Gasteiger partial charge in [-0.25, -0.2) is 9.36 Å². The first-order valence-electron chi connectivity index (χ1n) is 14.8. The molecule has 3 heterocycles. The molecule has 0 aliphatic carbocycles. The monoisotopic (exact) mass is 650 g/mol. The highest BCUT2D eigenvalue weighted by Crippen LogP contribution is 2.56. The first-order valence-corrected chi connectivity index (χ1v) is 16.2. The van der Waals surface area contributed by atoms with Crippen molar-refractivity contribution >= 4 is 7.82 Å². The number of methoxy groups -OCH3 is 2. The largest absolute Gasteiger partial charge is 0.497 e. The topological polar surface area (TPSA) is 137 Å². The van der Waals surface area contributed by atoms with Gasteiger partial charge < -0.3 is 18.9 Å². The van der Waals surface area contributed by atoms with E-state index in [0.29, 0.717) is 17.1 Å².